The van der Waals surface area contributed by atoms with Crippen molar-refractivity contribution in [2.45, 2.75) is 0 Å². The minimum absolute atomic E-state index is 1.08. The number of rotatable bonds is 9. The lowest BCUT2D eigenvalue weighted by atomic mass is 9.84. The van der Waals surface area contributed by atoms with Crippen molar-refractivity contribution in [1.29, 1.82) is 0 Å². The van der Waals surface area contributed by atoms with Crippen molar-refractivity contribution in [3.05, 3.63) is 261 Å². The number of fused-ring (bicyclic) bond motifs is 3. The Morgan fingerprint density at radius 2 is 0.587 bits per heavy atom. The Bertz CT molecular complexity index is 3360. The minimum Gasteiger partial charge on any atom is -0.310 e. The fraction of sp³-hybridized carbons (Fsp3) is 0. The molecular formula is C62H43N. The van der Waals surface area contributed by atoms with Gasteiger partial charge < -0.3 is 4.90 Å². The largest absolute Gasteiger partial charge is 0.310 e. The zero-order valence-electron chi connectivity index (χ0n) is 34.8. The van der Waals surface area contributed by atoms with E-state index in [0.29, 0.717) is 0 Å². The molecule has 11 aromatic carbocycles. The van der Waals surface area contributed by atoms with E-state index >= 15 is 0 Å². The maximum Gasteiger partial charge on any atom is 0.0540 e. The highest BCUT2D eigenvalue weighted by Gasteiger charge is 2.21. The predicted molar refractivity (Wildman–Crippen MR) is 269 cm³/mol. The van der Waals surface area contributed by atoms with Crippen molar-refractivity contribution in [1.82, 2.24) is 0 Å². The molecule has 0 bridgehead atoms. The third kappa shape index (κ3) is 7.26. The first kappa shape index (κ1) is 37.7. The Morgan fingerprint density at radius 1 is 0.206 bits per heavy atom. The van der Waals surface area contributed by atoms with Crippen LogP contribution in [-0.2, 0) is 0 Å². The molecule has 0 aliphatic heterocycles. The summed E-state index contributed by atoms with van der Waals surface area (Å²) < 4.78 is 0. The fourth-order valence-electron chi connectivity index (χ4n) is 9.28. The van der Waals surface area contributed by atoms with Crippen LogP contribution < -0.4 is 4.90 Å². The monoisotopic (exact) mass is 801 g/mol. The summed E-state index contributed by atoms with van der Waals surface area (Å²) in [7, 11) is 0. The molecule has 11 rings (SSSR count). The molecule has 1 nitrogen and oxygen atoms in total. The lowest BCUT2D eigenvalue weighted by molar-refractivity contribution is 1.28. The van der Waals surface area contributed by atoms with Gasteiger partial charge in [-0.05, 0) is 125 Å². The van der Waals surface area contributed by atoms with Gasteiger partial charge in [0.05, 0.1) is 5.69 Å². The topological polar surface area (TPSA) is 3.24 Å². The van der Waals surface area contributed by atoms with Gasteiger partial charge in [-0.1, -0.05) is 218 Å². The van der Waals surface area contributed by atoms with Gasteiger partial charge in [-0.15, -0.1) is 0 Å². The minimum atomic E-state index is 1.08. The van der Waals surface area contributed by atoms with Crippen LogP contribution in [0.15, 0.2) is 261 Å². The summed E-state index contributed by atoms with van der Waals surface area (Å²) in [6.07, 6.45) is 0. The van der Waals surface area contributed by atoms with Crippen molar-refractivity contribution in [2.75, 3.05) is 4.90 Å². The van der Waals surface area contributed by atoms with Gasteiger partial charge in [0.15, 0.2) is 0 Å². The molecule has 0 atom stereocenters. The van der Waals surface area contributed by atoms with Gasteiger partial charge in [-0.3, -0.25) is 0 Å². The Balaban J connectivity index is 1.14. The van der Waals surface area contributed by atoms with Gasteiger partial charge in [0.25, 0.3) is 0 Å². The fourth-order valence-corrected chi connectivity index (χ4v) is 9.28. The average molecular weight is 802 g/mol. The summed E-state index contributed by atoms with van der Waals surface area (Å²) in [5.74, 6) is 0. The summed E-state index contributed by atoms with van der Waals surface area (Å²) in [6.45, 7) is 0. The molecule has 11 aromatic rings. The Morgan fingerprint density at radius 3 is 1.14 bits per heavy atom. The molecule has 0 aliphatic carbocycles. The highest BCUT2D eigenvalue weighted by atomic mass is 15.1. The molecule has 0 heterocycles. The first-order valence-electron chi connectivity index (χ1n) is 21.7. The number of hydrogen-bond acceptors (Lipinski definition) is 1. The molecule has 0 fully saturated rings. The molecule has 0 N–H and O–H groups in total. The molecule has 0 amide bonds. The van der Waals surface area contributed by atoms with Gasteiger partial charge in [0.2, 0.25) is 0 Å². The molecule has 1 heteroatoms. The quantitative estimate of drug-likeness (QED) is 0.131. The molecule has 0 aromatic heterocycles. The summed E-state index contributed by atoms with van der Waals surface area (Å²) in [4.78, 5) is 2.44. The standard InChI is InChI=1S/C62H43N/c1-6-20-44(21-7-1)49-30-18-32-53(40-49)63(60-39-37-51(45-22-8-2-9-23-45)42-58(60)46-24-10-3-11-25-46)54-33-19-31-50(41-54)52-36-38-56-55-34-16-17-35-57(55)61(47-26-12-4-13-27-47)62(59(56)43-52)48-28-14-5-15-29-48/h1-43H. The normalized spacial score (nSPS) is 11.2. The van der Waals surface area contributed by atoms with E-state index in [1.54, 1.807) is 0 Å². The number of benzene rings is 11. The highest BCUT2D eigenvalue weighted by molar-refractivity contribution is 6.22. The van der Waals surface area contributed by atoms with Crippen LogP contribution in [0.25, 0.3) is 88.3 Å². The van der Waals surface area contributed by atoms with Crippen LogP contribution in [0.4, 0.5) is 17.1 Å². The summed E-state index contributed by atoms with van der Waals surface area (Å²) >= 11 is 0. The van der Waals surface area contributed by atoms with E-state index < -0.39 is 0 Å². The lowest BCUT2D eigenvalue weighted by Crippen LogP contribution is -2.11. The number of anilines is 3. The van der Waals surface area contributed by atoms with E-state index in [1.165, 1.54) is 66.1 Å². The van der Waals surface area contributed by atoms with Crippen LogP contribution in [0.1, 0.15) is 0 Å². The average Bonchev–Trinajstić information content (AvgIpc) is 3.37. The molecule has 296 valence electrons. The van der Waals surface area contributed by atoms with E-state index in [1.807, 2.05) is 0 Å². The van der Waals surface area contributed by atoms with Crippen molar-refractivity contribution in [3.8, 4) is 66.8 Å². The van der Waals surface area contributed by atoms with Crippen LogP contribution in [0.5, 0.6) is 0 Å². The lowest BCUT2D eigenvalue weighted by Gasteiger charge is -2.29. The zero-order chi connectivity index (χ0) is 42.0. The SMILES string of the molecule is c1ccc(-c2cccc(N(c3cccc(-c4ccc5c(c4)c(-c4ccccc4)c(-c4ccccc4)c4ccccc45)c3)c3ccc(-c4ccccc4)cc3-c3ccccc3)c2)cc1. The summed E-state index contributed by atoms with van der Waals surface area (Å²) in [5.41, 5.74) is 17.5. The Hall–Kier alpha value is -8.26. The second kappa shape index (κ2) is 16.7. The summed E-state index contributed by atoms with van der Waals surface area (Å²) in [6, 6.07) is 94.7. The smallest absolute Gasteiger partial charge is 0.0540 e. The highest BCUT2D eigenvalue weighted by Crippen LogP contribution is 2.47. The van der Waals surface area contributed by atoms with Gasteiger partial charge >= 0.3 is 0 Å². The van der Waals surface area contributed by atoms with Crippen molar-refractivity contribution >= 4 is 38.6 Å². The third-order valence-electron chi connectivity index (χ3n) is 12.2. The van der Waals surface area contributed by atoms with Gasteiger partial charge in [-0.25, -0.2) is 0 Å². The van der Waals surface area contributed by atoms with Crippen molar-refractivity contribution < 1.29 is 0 Å². The van der Waals surface area contributed by atoms with E-state index in [4.69, 9.17) is 0 Å². The van der Waals surface area contributed by atoms with E-state index in [-0.39, 0.29) is 0 Å². The Kier molecular flexibility index (Phi) is 9.97. The van der Waals surface area contributed by atoms with Crippen LogP contribution >= 0.6 is 0 Å². The molecule has 0 radical (unpaired) electrons. The maximum absolute atomic E-state index is 2.44. The molecule has 0 unspecified atom stereocenters. The summed E-state index contributed by atoms with van der Waals surface area (Å²) in [5, 5.41) is 4.99. The molecule has 0 saturated carbocycles. The molecule has 0 aliphatic rings. The third-order valence-corrected chi connectivity index (χ3v) is 12.2. The molecule has 0 spiro atoms. The predicted octanol–water partition coefficient (Wildman–Crippen LogP) is 17.5. The number of hydrogen-bond donors (Lipinski definition) is 0. The van der Waals surface area contributed by atoms with Gasteiger partial charge in [0, 0.05) is 16.9 Å². The second-order valence-corrected chi connectivity index (χ2v) is 16.1. The first-order chi connectivity index (χ1) is 31.3. The molecular weight excluding hydrogens is 759 g/mol. The van der Waals surface area contributed by atoms with Gasteiger partial charge in [-0.2, -0.15) is 0 Å². The molecule has 63 heavy (non-hydrogen) atoms. The van der Waals surface area contributed by atoms with Crippen LogP contribution in [0.2, 0.25) is 0 Å². The van der Waals surface area contributed by atoms with E-state index in [9.17, 15) is 0 Å². The maximum atomic E-state index is 2.44. The first-order valence-corrected chi connectivity index (χ1v) is 21.7. The number of nitrogens with zero attached hydrogens (tertiary/aromatic N) is 1. The van der Waals surface area contributed by atoms with Crippen LogP contribution in [0.3, 0.4) is 0 Å². The van der Waals surface area contributed by atoms with Crippen LogP contribution in [0, 0.1) is 0 Å². The van der Waals surface area contributed by atoms with E-state index in [0.717, 1.165) is 39.3 Å². The van der Waals surface area contributed by atoms with Crippen molar-refractivity contribution in [3.63, 3.8) is 0 Å². The van der Waals surface area contributed by atoms with Gasteiger partial charge in [0.1, 0.15) is 0 Å². The Labute approximate surface area is 369 Å². The van der Waals surface area contributed by atoms with E-state index in [2.05, 4.69) is 266 Å². The van der Waals surface area contributed by atoms with Crippen molar-refractivity contribution in [2.24, 2.45) is 0 Å². The zero-order valence-corrected chi connectivity index (χ0v) is 34.8. The molecule has 0 saturated heterocycles. The van der Waals surface area contributed by atoms with Crippen LogP contribution in [-0.4, -0.2) is 0 Å². The second-order valence-electron chi connectivity index (χ2n) is 16.1.